The molecule has 0 aromatic heterocycles. The van der Waals surface area contributed by atoms with Crippen LogP contribution in [-0.2, 0) is 0 Å². The number of rotatable bonds is 5. The second-order valence-corrected chi connectivity index (χ2v) is 7.84. The molecule has 1 unspecified atom stereocenters. The Morgan fingerprint density at radius 1 is 1.29 bits per heavy atom. The van der Waals surface area contributed by atoms with E-state index in [2.05, 4.69) is 22.9 Å². The first-order valence-electron chi connectivity index (χ1n) is 7.81. The van der Waals surface area contributed by atoms with Crippen molar-refractivity contribution in [1.82, 2.24) is 0 Å². The van der Waals surface area contributed by atoms with E-state index in [1.807, 2.05) is 0 Å². The highest BCUT2D eigenvalue weighted by Crippen LogP contribution is 2.43. The first-order valence-corrected chi connectivity index (χ1v) is 9.42. The molecule has 0 heterocycles. The van der Waals surface area contributed by atoms with Crippen molar-refractivity contribution in [3.8, 4) is 0 Å². The van der Waals surface area contributed by atoms with Gasteiger partial charge in [0.05, 0.1) is 10.4 Å². The van der Waals surface area contributed by atoms with Crippen LogP contribution in [0.5, 0.6) is 0 Å². The number of hydrogen-bond acceptors (Lipinski definition) is 0. The first kappa shape index (κ1) is 17.6. The predicted molar refractivity (Wildman–Crippen MR) is 92.7 cm³/mol. The zero-order valence-electron chi connectivity index (χ0n) is 12.3. The lowest BCUT2D eigenvalue weighted by Gasteiger charge is -2.31. The molecule has 0 saturated heterocycles. The summed E-state index contributed by atoms with van der Waals surface area (Å²) in [5.74, 6) is 0.930. The molecule has 1 aliphatic rings. The average Bonchev–Trinajstić information content (AvgIpc) is 2.48. The van der Waals surface area contributed by atoms with Crippen LogP contribution in [0.1, 0.15) is 62.8 Å². The fourth-order valence-electron chi connectivity index (χ4n) is 3.27. The van der Waals surface area contributed by atoms with E-state index in [0.29, 0.717) is 21.0 Å². The monoisotopic (exact) mass is 394 g/mol. The zero-order valence-corrected chi connectivity index (χ0v) is 15.4. The summed E-state index contributed by atoms with van der Waals surface area (Å²) < 4.78 is 14.7. The van der Waals surface area contributed by atoms with Crippen LogP contribution in [0.2, 0.25) is 5.02 Å². The van der Waals surface area contributed by atoms with E-state index in [-0.39, 0.29) is 11.2 Å². The standard InChI is InChI=1S/C17H22BrCl2F/c1-2-3-4-11-5-7-12(8-6-11)17(20)13-9-15(19)14(18)10-16(13)21/h9-12,17H,2-8H2,1H3. The van der Waals surface area contributed by atoms with Gasteiger partial charge in [-0.3, -0.25) is 0 Å². The van der Waals surface area contributed by atoms with Crippen LogP contribution in [0, 0.1) is 17.7 Å². The molecule has 0 aliphatic heterocycles. The van der Waals surface area contributed by atoms with Crippen LogP contribution >= 0.6 is 39.1 Å². The largest absolute Gasteiger partial charge is 0.207 e. The molecule has 0 N–H and O–H groups in total. The maximum atomic E-state index is 14.1. The first-order chi connectivity index (χ1) is 10.0. The van der Waals surface area contributed by atoms with Gasteiger partial charge in [-0.05, 0) is 52.7 Å². The van der Waals surface area contributed by atoms with Gasteiger partial charge in [-0.1, -0.05) is 50.6 Å². The molecule has 0 nitrogen and oxygen atoms in total. The highest BCUT2D eigenvalue weighted by molar-refractivity contribution is 9.10. The van der Waals surface area contributed by atoms with Crippen molar-refractivity contribution >= 4 is 39.1 Å². The fraction of sp³-hybridized carbons (Fsp3) is 0.647. The van der Waals surface area contributed by atoms with Crippen molar-refractivity contribution in [1.29, 1.82) is 0 Å². The van der Waals surface area contributed by atoms with E-state index in [1.165, 1.54) is 38.2 Å². The van der Waals surface area contributed by atoms with Gasteiger partial charge >= 0.3 is 0 Å². The normalized spacial score (nSPS) is 24.0. The van der Waals surface area contributed by atoms with E-state index in [0.717, 1.165) is 18.8 Å². The molecule has 1 fully saturated rings. The van der Waals surface area contributed by atoms with Crippen molar-refractivity contribution in [3.05, 3.63) is 33.0 Å². The summed E-state index contributed by atoms with van der Waals surface area (Å²) in [6.07, 6.45) is 8.54. The van der Waals surface area contributed by atoms with Gasteiger partial charge in [0.25, 0.3) is 0 Å². The molecule has 1 saturated carbocycles. The van der Waals surface area contributed by atoms with Crippen LogP contribution in [0.25, 0.3) is 0 Å². The molecule has 0 bridgehead atoms. The van der Waals surface area contributed by atoms with Gasteiger partial charge in [-0.25, -0.2) is 4.39 Å². The van der Waals surface area contributed by atoms with Crippen LogP contribution in [-0.4, -0.2) is 0 Å². The number of hydrogen-bond donors (Lipinski definition) is 0. The molecule has 4 heteroatoms. The molecule has 21 heavy (non-hydrogen) atoms. The topological polar surface area (TPSA) is 0 Å². The van der Waals surface area contributed by atoms with Crippen molar-refractivity contribution in [2.24, 2.45) is 11.8 Å². The second kappa shape index (κ2) is 8.17. The summed E-state index contributed by atoms with van der Waals surface area (Å²) in [6.45, 7) is 2.24. The molecule has 0 amide bonds. The van der Waals surface area contributed by atoms with Gasteiger partial charge in [0.1, 0.15) is 5.82 Å². The summed E-state index contributed by atoms with van der Waals surface area (Å²) in [4.78, 5) is 0. The molecular formula is C17H22BrCl2F. The maximum Gasteiger partial charge on any atom is 0.129 e. The Morgan fingerprint density at radius 2 is 1.95 bits per heavy atom. The van der Waals surface area contributed by atoms with Crippen molar-refractivity contribution in [3.63, 3.8) is 0 Å². The highest BCUT2D eigenvalue weighted by atomic mass is 79.9. The Hall–Kier alpha value is 0.210. The number of halogens is 4. The van der Waals surface area contributed by atoms with Crippen molar-refractivity contribution < 1.29 is 4.39 Å². The van der Waals surface area contributed by atoms with Gasteiger partial charge < -0.3 is 0 Å². The minimum atomic E-state index is -0.275. The smallest absolute Gasteiger partial charge is 0.129 e. The van der Waals surface area contributed by atoms with Crippen LogP contribution < -0.4 is 0 Å². The van der Waals surface area contributed by atoms with E-state index in [1.54, 1.807) is 6.07 Å². The van der Waals surface area contributed by atoms with Gasteiger partial charge in [0.15, 0.2) is 0 Å². The molecule has 1 aliphatic carbocycles. The molecule has 1 atom stereocenters. The summed E-state index contributed by atoms with van der Waals surface area (Å²) in [5.41, 5.74) is 0.543. The predicted octanol–water partition coefficient (Wildman–Crippen LogP) is 7.52. The number of alkyl halides is 1. The Bertz CT molecular complexity index is 470. The van der Waals surface area contributed by atoms with E-state index in [4.69, 9.17) is 23.2 Å². The molecule has 0 radical (unpaired) electrons. The lowest BCUT2D eigenvalue weighted by molar-refractivity contribution is 0.253. The third-order valence-electron chi connectivity index (χ3n) is 4.61. The molecule has 2 rings (SSSR count). The molecular weight excluding hydrogens is 374 g/mol. The Morgan fingerprint density at radius 3 is 2.57 bits per heavy atom. The Labute approximate surface area is 145 Å². The average molecular weight is 396 g/mol. The van der Waals surface area contributed by atoms with Crippen LogP contribution in [0.15, 0.2) is 16.6 Å². The summed E-state index contributed by atoms with van der Waals surface area (Å²) in [6, 6.07) is 3.09. The summed E-state index contributed by atoms with van der Waals surface area (Å²) >= 11 is 15.9. The van der Waals surface area contributed by atoms with Crippen LogP contribution in [0.4, 0.5) is 4.39 Å². The number of unbranched alkanes of at least 4 members (excludes halogenated alkanes) is 1. The third kappa shape index (κ3) is 4.59. The Balaban J connectivity index is 1.99. The minimum absolute atomic E-state index is 0.264. The molecule has 0 spiro atoms. The zero-order chi connectivity index (χ0) is 15.4. The highest BCUT2D eigenvalue weighted by Gasteiger charge is 2.29. The summed E-state index contributed by atoms with van der Waals surface area (Å²) in [5, 5.41) is 0.247. The molecule has 118 valence electrons. The van der Waals surface area contributed by atoms with Gasteiger partial charge in [0, 0.05) is 10.0 Å². The second-order valence-electron chi connectivity index (χ2n) is 6.11. The van der Waals surface area contributed by atoms with E-state index >= 15 is 0 Å². The fourth-order valence-corrected chi connectivity index (χ4v) is 4.17. The van der Waals surface area contributed by atoms with E-state index < -0.39 is 0 Å². The van der Waals surface area contributed by atoms with E-state index in [9.17, 15) is 4.39 Å². The van der Waals surface area contributed by atoms with Gasteiger partial charge in [-0.15, -0.1) is 11.6 Å². The Kier molecular flexibility index (Phi) is 6.83. The number of benzene rings is 1. The quantitative estimate of drug-likeness (QED) is 0.357. The summed E-state index contributed by atoms with van der Waals surface area (Å²) in [7, 11) is 0. The minimum Gasteiger partial charge on any atom is -0.207 e. The lowest BCUT2D eigenvalue weighted by atomic mass is 9.77. The lowest BCUT2D eigenvalue weighted by Crippen LogP contribution is -2.18. The van der Waals surface area contributed by atoms with Gasteiger partial charge in [0.2, 0.25) is 0 Å². The van der Waals surface area contributed by atoms with Gasteiger partial charge in [-0.2, -0.15) is 0 Å². The third-order valence-corrected chi connectivity index (χ3v) is 6.40. The molecule has 1 aromatic carbocycles. The van der Waals surface area contributed by atoms with Crippen molar-refractivity contribution in [2.45, 2.75) is 57.2 Å². The SMILES string of the molecule is CCCCC1CCC(C(Cl)c2cc(Cl)c(Br)cc2F)CC1. The van der Waals surface area contributed by atoms with Crippen molar-refractivity contribution in [2.75, 3.05) is 0 Å². The molecule has 1 aromatic rings. The van der Waals surface area contributed by atoms with Crippen LogP contribution in [0.3, 0.4) is 0 Å². The maximum absolute atomic E-state index is 14.1.